The summed E-state index contributed by atoms with van der Waals surface area (Å²) in [6, 6.07) is 3.52. The van der Waals surface area contributed by atoms with Gasteiger partial charge in [-0.25, -0.2) is 0 Å². The van der Waals surface area contributed by atoms with Crippen molar-refractivity contribution >= 4 is 15.9 Å². The summed E-state index contributed by atoms with van der Waals surface area (Å²) < 4.78 is 21.3. The predicted octanol–water partition coefficient (Wildman–Crippen LogP) is 2.16. The lowest BCUT2D eigenvalue weighted by Crippen LogP contribution is -2.11. The van der Waals surface area contributed by atoms with Crippen molar-refractivity contribution in [2.24, 2.45) is 0 Å². The molecular weight excluding hydrogens is 316 g/mol. The zero-order chi connectivity index (χ0) is 14.3. The molecule has 0 aliphatic carbocycles. The molecule has 1 atom stereocenters. The van der Waals surface area contributed by atoms with Gasteiger partial charge in [-0.2, -0.15) is 0 Å². The van der Waals surface area contributed by atoms with Crippen molar-refractivity contribution in [1.29, 1.82) is 0 Å². The van der Waals surface area contributed by atoms with E-state index in [9.17, 15) is 5.11 Å². The van der Waals surface area contributed by atoms with Crippen molar-refractivity contribution in [3.05, 3.63) is 22.2 Å². The molecule has 0 spiro atoms. The van der Waals surface area contributed by atoms with E-state index >= 15 is 0 Å². The summed E-state index contributed by atoms with van der Waals surface area (Å²) in [5.74, 6) is 1.19. The maximum Gasteiger partial charge on any atom is 0.142 e. The largest absolute Gasteiger partial charge is 0.495 e. The normalized spacial score (nSPS) is 12.3. The standard InChI is InChI=1S/C13H19BrO5/c1-16-6-7-19-8-10(15)9-4-5-11(17-2)12(14)13(9)18-3/h4-5,10,15H,6-8H2,1-3H3. The van der Waals surface area contributed by atoms with Crippen LogP contribution >= 0.6 is 15.9 Å². The number of halogens is 1. The van der Waals surface area contributed by atoms with E-state index in [0.29, 0.717) is 34.7 Å². The second-order valence-corrected chi connectivity index (χ2v) is 4.58. The average Bonchev–Trinajstić information content (AvgIpc) is 2.43. The number of hydrogen-bond donors (Lipinski definition) is 1. The van der Waals surface area contributed by atoms with Crippen LogP contribution in [-0.2, 0) is 9.47 Å². The Kier molecular flexibility index (Phi) is 7.15. The van der Waals surface area contributed by atoms with E-state index in [1.165, 1.54) is 0 Å². The third kappa shape index (κ3) is 4.35. The van der Waals surface area contributed by atoms with E-state index in [4.69, 9.17) is 18.9 Å². The molecule has 5 nitrogen and oxygen atoms in total. The second kappa shape index (κ2) is 8.37. The lowest BCUT2D eigenvalue weighted by Gasteiger charge is -2.17. The van der Waals surface area contributed by atoms with Crippen LogP contribution in [0.3, 0.4) is 0 Å². The highest BCUT2D eigenvalue weighted by atomic mass is 79.9. The Labute approximate surface area is 121 Å². The Bertz CT molecular complexity index is 397. The number of aliphatic hydroxyl groups is 1. The highest BCUT2D eigenvalue weighted by Gasteiger charge is 2.18. The first kappa shape index (κ1) is 16.2. The lowest BCUT2D eigenvalue weighted by molar-refractivity contribution is 0.0117. The predicted molar refractivity (Wildman–Crippen MR) is 74.9 cm³/mol. The molecule has 0 heterocycles. The first-order valence-electron chi connectivity index (χ1n) is 5.80. The van der Waals surface area contributed by atoms with Crippen molar-refractivity contribution in [1.82, 2.24) is 0 Å². The number of aliphatic hydroxyl groups excluding tert-OH is 1. The minimum absolute atomic E-state index is 0.179. The summed E-state index contributed by atoms with van der Waals surface area (Å²) >= 11 is 3.39. The topological polar surface area (TPSA) is 57.2 Å². The molecule has 0 aliphatic heterocycles. The van der Waals surface area contributed by atoms with Gasteiger partial charge in [-0.1, -0.05) is 0 Å². The van der Waals surface area contributed by atoms with Crippen LogP contribution in [0, 0.1) is 0 Å². The fourth-order valence-corrected chi connectivity index (χ4v) is 2.29. The third-order valence-electron chi connectivity index (χ3n) is 2.58. The van der Waals surface area contributed by atoms with E-state index in [0.717, 1.165) is 0 Å². The molecule has 108 valence electrons. The molecule has 0 aromatic heterocycles. The fourth-order valence-electron chi connectivity index (χ4n) is 1.61. The number of methoxy groups -OCH3 is 3. The molecule has 0 aliphatic rings. The zero-order valence-electron chi connectivity index (χ0n) is 11.3. The molecule has 0 saturated carbocycles. The monoisotopic (exact) mass is 334 g/mol. The summed E-state index contributed by atoms with van der Waals surface area (Å²) in [5.41, 5.74) is 0.646. The molecule has 0 amide bonds. The van der Waals surface area contributed by atoms with Crippen LogP contribution in [0.15, 0.2) is 16.6 Å². The molecule has 1 N–H and O–H groups in total. The first-order valence-corrected chi connectivity index (χ1v) is 6.60. The summed E-state index contributed by atoms with van der Waals surface area (Å²) in [5, 5.41) is 10.1. The first-order chi connectivity index (χ1) is 9.15. The van der Waals surface area contributed by atoms with Crippen LogP contribution in [0.4, 0.5) is 0 Å². The van der Waals surface area contributed by atoms with Crippen molar-refractivity contribution in [2.75, 3.05) is 41.2 Å². The van der Waals surface area contributed by atoms with Gasteiger partial charge in [-0.15, -0.1) is 0 Å². The molecule has 6 heteroatoms. The smallest absolute Gasteiger partial charge is 0.142 e. The van der Waals surface area contributed by atoms with Gasteiger partial charge in [0.1, 0.15) is 22.1 Å². The third-order valence-corrected chi connectivity index (χ3v) is 3.33. The number of ether oxygens (including phenoxy) is 4. The summed E-state index contributed by atoms with van der Waals surface area (Å²) in [4.78, 5) is 0. The van der Waals surface area contributed by atoms with Gasteiger partial charge < -0.3 is 24.1 Å². The van der Waals surface area contributed by atoms with Gasteiger partial charge in [-0.05, 0) is 28.1 Å². The Morgan fingerprint density at radius 2 is 1.89 bits per heavy atom. The minimum Gasteiger partial charge on any atom is -0.495 e. The van der Waals surface area contributed by atoms with E-state index in [1.54, 1.807) is 33.5 Å². The summed E-state index contributed by atoms with van der Waals surface area (Å²) in [7, 11) is 4.72. The SMILES string of the molecule is COCCOCC(O)c1ccc(OC)c(Br)c1OC. The van der Waals surface area contributed by atoms with Crippen LogP contribution in [0.1, 0.15) is 11.7 Å². The molecule has 0 saturated heterocycles. The molecule has 1 aromatic carbocycles. The number of rotatable bonds is 8. The van der Waals surface area contributed by atoms with E-state index < -0.39 is 6.10 Å². The van der Waals surface area contributed by atoms with Gasteiger partial charge in [0.2, 0.25) is 0 Å². The van der Waals surface area contributed by atoms with E-state index in [2.05, 4.69) is 15.9 Å². The van der Waals surface area contributed by atoms with Crippen LogP contribution in [-0.4, -0.2) is 46.3 Å². The average molecular weight is 335 g/mol. The van der Waals surface area contributed by atoms with E-state index in [1.807, 2.05) is 0 Å². The number of hydrogen-bond acceptors (Lipinski definition) is 5. The molecule has 1 aromatic rings. The summed E-state index contributed by atoms with van der Waals surface area (Å²) in [6.07, 6.45) is -0.769. The zero-order valence-corrected chi connectivity index (χ0v) is 12.9. The van der Waals surface area contributed by atoms with Gasteiger partial charge in [0, 0.05) is 12.7 Å². The molecule has 1 rings (SSSR count). The van der Waals surface area contributed by atoms with Gasteiger partial charge in [-0.3, -0.25) is 0 Å². The van der Waals surface area contributed by atoms with Gasteiger partial charge in [0.15, 0.2) is 0 Å². The Hall–Kier alpha value is -0.820. The van der Waals surface area contributed by atoms with Crippen LogP contribution in [0.2, 0.25) is 0 Å². The summed E-state index contributed by atoms with van der Waals surface area (Å²) in [6.45, 7) is 1.11. The van der Waals surface area contributed by atoms with Gasteiger partial charge in [0.05, 0.1) is 34.0 Å². The van der Waals surface area contributed by atoms with Crippen LogP contribution in [0.5, 0.6) is 11.5 Å². The van der Waals surface area contributed by atoms with E-state index in [-0.39, 0.29) is 6.61 Å². The number of benzene rings is 1. The molecule has 0 bridgehead atoms. The molecular formula is C13H19BrO5. The Morgan fingerprint density at radius 3 is 2.47 bits per heavy atom. The molecule has 19 heavy (non-hydrogen) atoms. The molecule has 0 radical (unpaired) electrons. The lowest BCUT2D eigenvalue weighted by atomic mass is 10.1. The van der Waals surface area contributed by atoms with Crippen molar-refractivity contribution in [2.45, 2.75) is 6.10 Å². The molecule has 0 fully saturated rings. The second-order valence-electron chi connectivity index (χ2n) is 3.79. The molecule has 1 unspecified atom stereocenters. The maximum absolute atomic E-state index is 10.1. The Balaban J connectivity index is 2.78. The van der Waals surface area contributed by atoms with Crippen LogP contribution in [0.25, 0.3) is 0 Å². The van der Waals surface area contributed by atoms with Gasteiger partial charge >= 0.3 is 0 Å². The highest BCUT2D eigenvalue weighted by Crippen LogP contribution is 2.39. The van der Waals surface area contributed by atoms with Crippen LogP contribution < -0.4 is 9.47 Å². The Morgan fingerprint density at radius 1 is 1.16 bits per heavy atom. The maximum atomic E-state index is 10.1. The van der Waals surface area contributed by atoms with Gasteiger partial charge in [0.25, 0.3) is 0 Å². The highest BCUT2D eigenvalue weighted by molar-refractivity contribution is 9.10. The quantitative estimate of drug-likeness (QED) is 0.738. The van der Waals surface area contributed by atoms with Crippen molar-refractivity contribution < 1.29 is 24.1 Å². The van der Waals surface area contributed by atoms with Crippen molar-refractivity contribution in [3.8, 4) is 11.5 Å². The fraction of sp³-hybridized carbons (Fsp3) is 0.538. The van der Waals surface area contributed by atoms with Crippen molar-refractivity contribution in [3.63, 3.8) is 0 Å². The minimum atomic E-state index is -0.769.